The lowest BCUT2D eigenvalue weighted by Gasteiger charge is -1.99. The van der Waals surface area contributed by atoms with Crippen LogP contribution in [0.1, 0.15) is 0 Å². The van der Waals surface area contributed by atoms with Crippen LogP contribution in [0.25, 0.3) is 0 Å². The zero-order valence-electron chi connectivity index (χ0n) is 5.46. The fraction of sp³-hybridized carbons (Fsp3) is 1.00. The molecule has 54 valence electrons. The summed E-state index contributed by atoms with van der Waals surface area (Å²) in [5.74, 6) is 1.72. The van der Waals surface area contributed by atoms with Gasteiger partial charge in [0.1, 0.15) is 0 Å². The van der Waals surface area contributed by atoms with E-state index in [-0.39, 0.29) is 12.4 Å². The van der Waals surface area contributed by atoms with Crippen LogP contribution in [0, 0.1) is 11.8 Å². The number of nitrogens with one attached hydrogen (secondary N) is 1. The molecule has 1 aliphatic heterocycles. The molecule has 1 saturated carbocycles. The molecule has 9 heavy (non-hydrogen) atoms. The number of halogens is 1. The van der Waals surface area contributed by atoms with E-state index in [2.05, 4.69) is 5.32 Å². The summed E-state index contributed by atoms with van der Waals surface area (Å²) in [5, 5.41) is 3.31. The number of fused-ring (bicyclic) bond motifs is 1. The lowest BCUT2D eigenvalue weighted by molar-refractivity contribution is 0.153. The Morgan fingerprint density at radius 3 is 2.22 bits per heavy atom. The molecule has 1 heterocycles. The van der Waals surface area contributed by atoms with Gasteiger partial charge in [0.25, 0.3) is 0 Å². The van der Waals surface area contributed by atoms with Crippen molar-refractivity contribution in [1.29, 1.82) is 0 Å². The highest BCUT2D eigenvalue weighted by atomic mass is 35.5. The van der Waals surface area contributed by atoms with Gasteiger partial charge in [-0.2, -0.15) is 0 Å². The largest absolute Gasteiger partial charge is 0.381 e. The fourth-order valence-corrected chi connectivity index (χ4v) is 1.71. The van der Waals surface area contributed by atoms with E-state index in [4.69, 9.17) is 4.74 Å². The van der Waals surface area contributed by atoms with Gasteiger partial charge in [0.05, 0.1) is 6.10 Å². The van der Waals surface area contributed by atoms with Crippen LogP contribution in [0.5, 0.6) is 0 Å². The Labute approximate surface area is 61.4 Å². The van der Waals surface area contributed by atoms with Crippen LogP contribution < -0.4 is 5.32 Å². The quantitative estimate of drug-likeness (QED) is 0.578. The summed E-state index contributed by atoms with van der Waals surface area (Å²) in [7, 11) is 1.81. The first-order valence-electron chi connectivity index (χ1n) is 3.17. The first-order chi connectivity index (χ1) is 3.93. The molecule has 2 aliphatic rings. The maximum Gasteiger partial charge on any atom is 0.0660 e. The lowest BCUT2D eigenvalue weighted by Crippen LogP contribution is -2.17. The molecule has 2 rings (SSSR count). The fourth-order valence-electron chi connectivity index (χ4n) is 1.71. The molecule has 0 aromatic rings. The number of piperidine rings is 1. The van der Waals surface area contributed by atoms with Crippen LogP contribution in [0.3, 0.4) is 0 Å². The molecule has 0 aromatic heterocycles. The summed E-state index contributed by atoms with van der Waals surface area (Å²) in [6.45, 7) is 2.37. The molecule has 1 N–H and O–H groups in total. The van der Waals surface area contributed by atoms with Gasteiger partial charge in [0, 0.05) is 32.0 Å². The molecule has 0 bridgehead atoms. The van der Waals surface area contributed by atoms with Gasteiger partial charge in [0.2, 0.25) is 0 Å². The lowest BCUT2D eigenvalue weighted by atomic mass is 10.4. The van der Waals surface area contributed by atoms with Gasteiger partial charge in [-0.1, -0.05) is 0 Å². The molecule has 1 aliphatic carbocycles. The average Bonchev–Trinajstić information content (AvgIpc) is 2.22. The second-order valence-electron chi connectivity index (χ2n) is 2.69. The predicted molar refractivity (Wildman–Crippen MR) is 37.9 cm³/mol. The van der Waals surface area contributed by atoms with Crippen LogP contribution in [-0.4, -0.2) is 26.3 Å². The smallest absolute Gasteiger partial charge is 0.0660 e. The van der Waals surface area contributed by atoms with E-state index in [1.54, 1.807) is 0 Å². The first-order valence-corrected chi connectivity index (χ1v) is 3.17. The Hall–Kier alpha value is 0.210. The Morgan fingerprint density at radius 2 is 1.89 bits per heavy atom. The highest BCUT2D eigenvalue weighted by Crippen LogP contribution is 2.43. The molecule has 2 nitrogen and oxygen atoms in total. The van der Waals surface area contributed by atoms with Gasteiger partial charge in [0.15, 0.2) is 0 Å². The predicted octanol–water partition coefficient (Wildman–Crippen LogP) is 0.272. The van der Waals surface area contributed by atoms with Crippen molar-refractivity contribution < 1.29 is 4.74 Å². The van der Waals surface area contributed by atoms with Crippen molar-refractivity contribution in [3.05, 3.63) is 0 Å². The minimum Gasteiger partial charge on any atom is -0.381 e. The highest BCUT2D eigenvalue weighted by molar-refractivity contribution is 5.85. The van der Waals surface area contributed by atoms with Crippen LogP contribution >= 0.6 is 12.4 Å². The van der Waals surface area contributed by atoms with Crippen LogP contribution in [0.15, 0.2) is 0 Å². The third-order valence-electron chi connectivity index (χ3n) is 2.29. The standard InChI is InChI=1S/C6H11NO.ClH/c1-8-6-4-2-7-3-5(4)6;/h4-7H,2-3H2,1H3;1H. The number of hydrogen-bond donors (Lipinski definition) is 1. The van der Waals surface area contributed by atoms with Gasteiger partial charge < -0.3 is 10.1 Å². The SMILES string of the molecule is COC1C2CNCC21.Cl. The van der Waals surface area contributed by atoms with E-state index in [1.807, 2.05) is 7.11 Å². The minimum absolute atomic E-state index is 0. The number of ether oxygens (including phenoxy) is 1. The zero-order chi connectivity index (χ0) is 5.56. The van der Waals surface area contributed by atoms with Crippen LogP contribution in [0.2, 0.25) is 0 Å². The van der Waals surface area contributed by atoms with Crippen molar-refractivity contribution in [2.75, 3.05) is 20.2 Å². The van der Waals surface area contributed by atoms with E-state index in [0.29, 0.717) is 6.10 Å². The monoisotopic (exact) mass is 149 g/mol. The van der Waals surface area contributed by atoms with Gasteiger partial charge in [-0.15, -0.1) is 12.4 Å². The molecule has 2 atom stereocenters. The Kier molecular flexibility index (Phi) is 1.99. The molecular weight excluding hydrogens is 138 g/mol. The molecular formula is C6H12ClNO. The van der Waals surface area contributed by atoms with Gasteiger partial charge >= 0.3 is 0 Å². The van der Waals surface area contributed by atoms with Crippen molar-refractivity contribution in [1.82, 2.24) is 5.32 Å². The maximum absolute atomic E-state index is 5.19. The summed E-state index contributed by atoms with van der Waals surface area (Å²) in [4.78, 5) is 0. The Bertz CT molecular complexity index is 92.5. The third kappa shape index (κ3) is 0.955. The van der Waals surface area contributed by atoms with E-state index >= 15 is 0 Å². The number of hydrogen-bond acceptors (Lipinski definition) is 2. The summed E-state index contributed by atoms with van der Waals surface area (Å²) in [6.07, 6.45) is 0.608. The summed E-state index contributed by atoms with van der Waals surface area (Å²) in [6, 6.07) is 0. The number of rotatable bonds is 1. The number of methoxy groups -OCH3 is 1. The van der Waals surface area contributed by atoms with E-state index in [0.717, 1.165) is 11.8 Å². The van der Waals surface area contributed by atoms with Gasteiger partial charge in [-0.05, 0) is 0 Å². The molecule has 0 radical (unpaired) electrons. The van der Waals surface area contributed by atoms with Crippen molar-refractivity contribution in [3.8, 4) is 0 Å². The second-order valence-corrected chi connectivity index (χ2v) is 2.69. The van der Waals surface area contributed by atoms with E-state index in [1.165, 1.54) is 13.1 Å². The minimum atomic E-state index is 0. The van der Waals surface area contributed by atoms with Crippen molar-refractivity contribution in [3.63, 3.8) is 0 Å². The zero-order valence-corrected chi connectivity index (χ0v) is 6.28. The molecule has 2 unspecified atom stereocenters. The summed E-state index contributed by atoms with van der Waals surface area (Å²) in [5.41, 5.74) is 0. The molecule has 1 saturated heterocycles. The molecule has 3 heteroatoms. The molecule has 2 fully saturated rings. The Morgan fingerprint density at radius 1 is 1.33 bits per heavy atom. The van der Waals surface area contributed by atoms with Crippen LogP contribution in [-0.2, 0) is 4.74 Å². The van der Waals surface area contributed by atoms with Crippen molar-refractivity contribution >= 4 is 12.4 Å². The molecule has 0 amide bonds. The highest BCUT2D eigenvalue weighted by Gasteiger charge is 2.53. The first kappa shape index (κ1) is 7.32. The third-order valence-corrected chi connectivity index (χ3v) is 2.29. The summed E-state index contributed by atoms with van der Waals surface area (Å²) < 4.78 is 5.19. The van der Waals surface area contributed by atoms with Gasteiger partial charge in [-0.3, -0.25) is 0 Å². The average molecular weight is 150 g/mol. The van der Waals surface area contributed by atoms with Crippen molar-refractivity contribution in [2.24, 2.45) is 11.8 Å². The summed E-state index contributed by atoms with van der Waals surface area (Å²) >= 11 is 0. The van der Waals surface area contributed by atoms with E-state index in [9.17, 15) is 0 Å². The van der Waals surface area contributed by atoms with Crippen LogP contribution in [0.4, 0.5) is 0 Å². The normalized spacial score (nSPS) is 45.7. The maximum atomic E-state index is 5.19. The second kappa shape index (κ2) is 2.45. The van der Waals surface area contributed by atoms with Gasteiger partial charge in [-0.25, -0.2) is 0 Å². The Balaban J connectivity index is 0.000000405. The molecule has 0 spiro atoms. The van der Waals surface area contributed by atoms with Crippen molar-refractivity contribution in [2.45, 2.75) is 6.10 Å². The molecule has 0 aromatic carbocycles. The van der Waals surface area contributed by atoms with E-state index < -0.39 is 0 Å². The topological polar surface area (TPSA) is 21.3 Å².